The van der Waals surface area contributed by atoms with Crippen molar-refractivity contribution in [3.8, 4) is 0 Å². The highest BCUT2D eigenvalue weighted by Crippen LogP contribution is 2.39. The van der Waals surface area contributed by atoms with Crippen molar-refractivity contribution in [1.29, 1.82) is 0 Å². The molecule has 0 aliphatic carbocycles. The second-order valence-corrected chi connectivity index (χ2v) is 10.4. The van der Waals surface area contributed by atoms with Crippen LogP contribution in [0.2, 0.25) is 0 Å². The Kier molecular flexibility index (Phi) is 6.25. The Morgan fingerprint density at radius 1 is 0.839 bits per heavy atom. The number of sulfone groups is 1. The fourth-order valence-electron chi connectivity index (χ4n) is 3.26. The second kappa shape index (κ2) is 9.08. The number of aryl methyl sites for hydroxylation is 1. The number of hydrogen-bond acceptors (Lipinski definition) is 5. The number of nitrogens with zero attached hydrogens (tertiary/aromatic N) is 3. The maximum atomic E-state index is 12.9. The molecule has 0 unspecified atom stereocenters. The molecule has 0 N–H and O–H groups in total. The van der Waals surface area contributed by atoms with Crippen LogP contribution in [-0.4, -0.2) is 23.2 Å². The molecule has 0 spiro atoms. The Balaban J connectivity index is 1.61. The lowest BCUT2D eigenvalue weighted by atomic mass is 10.0. The van der Waals surface area contributed by atoms with Crippen molar-refractivity contribution in [3.63, 3.8) is 0 Å². The summed E-state index contributed by atoms with van der Waals surface area (Å²) in [6.07, 6.45) is 0. The SMILES string of the molecule is Cc1ccc(S(=O)(=O)Cc2nnc(SC(c3ccccc3)c3ccccc3)n2C)cc1. The van der Waals surface area contributed by atoms with Crippen LogP contribution in [0.4, 0.5) is 0 Å². The summed E-state index contributed by atoms with van der Waals surface area (Å²) in [6, 6.07) is 27.3. The Morgan fingerprint density at radius 3 is 1.94 bits per heavy atom. The molecular weight excluding hydrogens is 426 g/mol. The minimum absolute atomic E-state index is 0.0202. The molecule has 1 heterocycles. The average Bonchev–Trinajstić information content (AvgIpc) is 3.12. The Bertz CT molecular complexity index is 1210. The van der Waals surface area contributed by atoms with Crippen molar-refractivity contribution >= 4 is 21.6 Å². The summed E-state index contributed by atoms with van der Waals surface area (Å²) in [7, 11) is -1.69. The molecule has 1 aromatic heterocycles. The van der Waals surface area contributed by atoms with Crippen LogP contribution in [0.3, 0.4) is 0 Å². The highest BCUT2D eigenvalue weighted by molar-refractivity contribution is 7.99. The molecule has 5 nitrogen and oxygen atoms in total. The number of thioether (sulfide) groups is 1. The van der Waals surface area contributed by atoms with E-state index in [4.69, 9.17) is 0 Å². The van der Waals surface area contributed by atoms with Gasteiger partial charge in [-0.25, -0.2) is 8.42 Å². The van der Waals surface area contributed by atoms with Gasteiger partial charge in [-0.15, -0.1) is 10.2 Å². The van der Waals surface area contributed by atoms with Gasteiger partial charge in [0.15, 0.2) is 15.0 Å². The summed E-state index contributed by atoms with van der Waals surface area (Å²) in [6.45, 7) is 1.93. The lowest BCUT2D eigenvalue weighted by Crippen LogP contribution is -2.10. The van der Waals surface area contributed by atoms with Gasteiger partial charge in [-0.3, -0.25) is 0 Å². The molecule has 0 fully saturated rings. The Hall–Kier alpha value is -2.90. The lowest BCUT2D eigenvalue weighted by molar-refractivity contribution is 0.591. The molecule has 0 amide bonds. The van der Waals surface area contributed by atoms with Gasteiger partial charge in [-0.1, -0.05) is 90.1 Å². The summed E-state index contributed by atoms with van der Waals surface area (Å²) in [5, 5.41) is 9.20. The second-order valence-electron chi connectivity index (χ2n) is 7.35. The fourth-order valence-corrected chi connectivity index (χ4v) is 5.72. The van der Waals surface area contributed by atoms with E-state index in [0.29, 0.717) is 15.9 Å². The predicted molar refractivity (Wildman–Crippen MR) is 124 cm³/mol. The molecule has 158 valence electrons. The minimum Gasteiger partial charge on any atom is -0.308 e. The van der Waals surface area contributed by atoms with E-state index in [1.807, 2.05) is 50.4 Å². The topological polar surface area (TPSA) is 64.8 Å². The molecule has 0 saturated carbocycles. The zero-order chi connectivity index (χ0) is 21.8. The van der Waals surface area contributed by atoms with Crippen molar-refractivity contribution in [2.45, 2.75) is 28.0 Å². The molecule has 3 aromatic carbocycles. The van der Waals surface area contributed by atoms with Crippen LogP contribution in [0.5, 0.6) is 0 Å². The van der Waals surface area contributed by atoms with Crippen molar-refractivity contribution in [2.75, 3.05) is 0 Å². The zero-order valence-corrected chi connectivity index (χ0v) is 19.0. The van der Waals surface area contributed by atoms with Crippen LogP contribution in [0.15, 0.2) is 95.0 Å². The molecule has 0 aliphatic heterocycles. The molecule has 0 saturated heterocycles. The van der Waals surface area contributed by atoms with Crippen molar-refractivity contribution in [1.82, 2.24) is 14.8 Å². The quantitative estimate of drug-likeness (QED) is 0.372. The van der Waals surface area contributed by atoms with E-state index in [0.717, 1.165) is 16.7 Å². The Morgan fingerprint density at radius 2 is 1.39 bits per heavy atom. The van der Waals surface area contributed by atoms with E-state index in [2.05, 4.69) is 34.5 Å². The van der Waals surface area contributed by atoms with E-state index in [1.165, 1.54) is 0 Å². The third-order valence-corrected chi connectivity index (χ3v) is 8.03. The standard InChI is InChI=1S/C24H23N3O2S2/c1-18-13-15-21(16-14-18)31(28,29)17-22-25-26-24(27(22)2)30-23(19-9-5-3-6-10-19)20-11-7-4-8-12-20/h3-16,23H,17H2,1-2H3. The first kappa shape index (κ1) is 21.3. The monoisotopic (exact) mass is 449 g/mol. The van der Waals surface area contributed by atoms with E-state index < -0.39 is 9.84 Å². The van der Waals surface area contributed by atoms with Gasteiger partial charge in [0.2, 0.25) is 0 Å². The van der Waals surface area contributed by atoms with Gasteiger partial charge < -0.3 is 4.57 Å². The van der Waals surface area contributed by atoms with E-state index in [-0.39, 0.29) is 11.0 Å². The predicted octanol–water partition coefficient (Wildman–Crippen LogP) is 4.98. The summed E-state index contributed by atoms with van der Waals surface area (Å²) in [5.74, 6) is 0.226. The van der Waals surface area contributed by atoms with Crippen LogP contribution in [0, 0.1) is 6.92 Å². The summed E-state index contributed by atoms with van der Waals surface area (Å²) in [4.78, 5) is 0.293. The highest BCUT2D eigenvalue weighted by atomic mass is 32.2. The first-order valence-corrected chi connectivity index (χ1v) is 12.4. The van der Waals surface area contributed by atoms with Crippen LogP contribution in [0.1, 0.15) is 27.8 Å². The molecule has 4 aromatic rings. The maximum Gasteiger partial charge on any atom is 0.191 e. The van der Waals surface area contributed by atoms with E-state index >= 15 is 0 Å². The molecule has 0 radical (unpaired) electrons. The van der Waals surface area contributed by atoms with Gasteiger partial charge in [0.25, 0.3) is 0 Å². The first-order valence-electron chi connectivity index (χ1n) is 9.88. The fraction of sp³-hybridized carbons (Fsp3) is 0.167. The van der Waals surface area contributed by atoms with Crippen molar-refractivity contribution < 1.29 is 8.42 Å². The smallest absolute Gasteiger partial charge is 0.191 e. The normalized spacial score (nSPS) is 11.7. The molecule has 4 rings (SSSR count). The van der Waals surface area contributed by atoms with Crippen LogP contribution < -0.4 is 0 Å². The number of benzene rings is 3. The molecule has 31 heavy (non-hydrogen) atoms. The van der Waals surface area contributed by atoms with Crippen molar-refractivity contribution in [3.05, 3.63) is 107 Å². The van der Waals surface area contributed by atoms with Gasteiger partial charge >= 0.3 is 0 Å². The lowest BCUT2D eigenvalue weighted by Gasteiger charge is -2.17. The van der Waals surface area contributed by atoms with Crippen molar-refractivity contribution in [2.24, 2.45) is 7.05 Å². The summed E-state index contributed by atoms with van der Waals surface area (Å²) >= 11 is 1.56. The largest absolute Gasteiger partial charge is 0.308 e. The summed E-state index contributed by atoms with van der Waals surface area (Å²) in [5.41, 5.74) is 3.32. The third-order valence-electron chi connectivity index (χ3n) is 5.05. The molecule has 0 bridgehead atoms. The maximum absolute atomic E-state index is 12.9. The van der Waals surface area contributed by atoms with Gasteiger partial charge in [0, 0.05) is 7.05 Å². The molecular formula is C24H23N3O2S2. The van der Waals surface area contributed by atoms with Crippen LogP contribution >= 0.6 is 11.8 Å². The molecule has 7 heteroatoms. The summed E-state index contributed by atoms with van der Waals surface area (Å²) < 4.78 is 27.5. The first-order chi connectivity index (χ1) is 14.9. The van der Waals surface area contributed by atoms with Gasteiger partial charge in [-0.2, -0.15) is 0 Å². The van der Waals surface area contributed by atoms with Crippen LogP contribution in [0.25, 0.3) is 0 Å². The zero-order valence-electron chi connectivity index (χ0n) is 17.3. The average molecular weight is 450 g/mol. The minimum atomic E-state index is -3.50. The Labute approximate surface area is 187 Å². The number of rotatable bonds is 7. The van der Waals surface area contributed by atoms with Crippen LogP contribution in [-0.2, 0) is 22.6 Å². The van der Waals surface area contributed by atoms with Gasteiger partial charge in [-0.05, 0) is 30.2 Å². The number of hydrogen-bond donors (Lipinski definition) is 0. The molecule has 0 aliphatic rings. The molecule has 0 atom stereocenters. The van der Waals surface area contributed by atoms with E-state index in [9.17, 15) is 8.42 Å². The van der Waals surface area contributed by atoms with Gasteiger partial charge in [0.05, 0.1) is 10.1 Å². The third kappa shape index (κ3) is 4.89. The van der Waals surface area contributed by atoms with E-state index in [1.54, 1.807) is 40.6 Å². The number of aromatic nitrogens is 3. The highest BCUT2D eigenvalue weighted by Gasteiger charge is 2.23. The van der Waals surface area contributed by atoms with Gasteiger partial charge in [0.1, 0.15) is 11.6 Å².